The van der Waals surface area contributed by atoms with Crippen LogP contribution in [0.25, 0.3) is 0 Å². The minimum absolute atomic E-state index is 0.130. The summed E-state index contributed by atoms with van der Waals surface area (Å²) in [6.45, 7) is 8.01. The molecule has 1 aromatic carbocycles. The molecule has 3 heteroatoms. The van der Waals surface area contributed by atoms with E-state index in [1.807, 2.05) is 52.0 Å². The molecular formula is C14H20O3. The number of hydrogen-bond acceptors (Lipinski definition) is 3. The Morgan fingerprint density at radius 2 is 1.29 bits per heavy atom. The van der Waals surface area contributed by atoms with Crippen LogP contribution in [0.15, 0.2) is 24.3 Å². The van der Waals surface area contributed by atoms with Gasteiger partial charge in [-0.15, -0.1) is 0 Å². The molecule has 0 amide bonds. The Bertz CT molecular complexity index is 338. The predicted molar refractivity (Wildman–Crippen MR) is 65.5 cm³/mol. The molecule has 0 saturated carbocycles. The molecule has 0 bridgehead atoms. The third-order valence-corrected chi connectivity index (χ3v) is 2.54. The summed E-state index contributed by atoms with van der Waals surface area (Å²) in [6.07, 6.45) is -0.360. The minimum Gasteiger partial charge on any atom is -0.346 e. The second kappa shape index (κ2) is 5.17. The van der Waals surface area contributed by atoms with Crippen molar-refractivity contribution in [3.8, 4) is 0 Å². The zero-order chi connectivity index (χ0) is 12.4. The maximum absolute atomic E-state index is 5.81. The highest BCUT2D eigenvalue weighted by Gasteiger charge is 2.33. The van der Waals surface area contributed by atoms with Gasteiger partial charge in [0.05, 0.1) is 12.2 Å². The molecule has 0 aliphatic carbocycles. The van der Waals surface area contributed by atoms with Gasteiger partial charge in [0.15, 0.2) is 12.6 Å². The lowest BCUT2D eigenvalue weighted by atomic mass is 10.1. The van der Waals surface area contributed by atoms with Crippen LogP contribution in [0.4, 0.5) is 0 Å². The molecule has 0 radical (unpaired) electrons. The number of benzene rings is 1. The summed E-state index contributed by atoms with van der Waals surface area (Å²) in [6, 6.07) is 8.06. The standard InChI is InChI=1S/C14H20O3/c1-9(2)15-13-11-7-5-6-8-12(11)14(17-13)16-10(3)4/h5-10,13-14H,1-4H3. The molecule has 3 nitrogen and oxygen atoms in total. The highest BCUT2D eigenvalue weighted by molar-refractivity contribution is 5.32. The average molecular weight is 236 g/mol. The molecule has 2 rings (SSSR count). The molecule has 0 spiro atoms. The smallest absolute Gasteiger partial charge is 0.187 e. The molecule has 1 aliphatic rings. The zero-order valence-corrected chi connectivity index (χ0v) is 10.8. The van der Waals surface area contributed by atoms with Gasteiger partial charge in [0.2, 0.25) is 0 Å². The lowest BCUT2D eigenvalue weighted by Crippen LogP contribution is -2.13. The second-order valence-corrected chi connectivity index (χ2v) is 4.80. The van der Waals surface area contributed by atoms with E-state index in [9.17, 15) is 0 Å². The van der Waals surface area contributed by atoms with Gasteiger partial charge in [0.25, 0.3) is 0 Å². The summed E-state index contributed by atoms with van der Waals surface area (Å²) in [5.41, 5.74) is 2.15. The summed E-state index contributed by atoms with van der Waals surface area (Å²) >= 11 is 0. The number of ether oxygens (including phenoxy) is 3. The van der Waals surface area contributed by atoms with Crippen LogP contribution in [0, 0.1) is 0 Å². The summed E-state index contributed by atoms with van der Waals surface area (Å²) in [5.74, 6) is 0. The van der Waals surface area contributed by atoms with Gasteiger partial charge in [-0.25, -0.2) is 0 Å². The molecule has 17 heavy (non-hydrogen) atoms. The van der Waals surface area contributed by atoms with Crippen LogP contribution in [-0.2, 0) is 14.2 Å². The van der Waals surface area contributed by atoms with Crippen molar-refractivity contribution >= 4 is 0 Å². The Hall–Kier alpha value is -0.900. The topological polar surface area (TPSA) is 27.7 Å². The summed E-state index contributed by atoms with van der Waals surface area (Å²) in [5, 5.41) is 0. The second-order valence-electron chi connectivity index (χ2n) is 4.80. The van der Waals surface area contributed by atoms with Gasteiger partial charge in [-0.3, -0.25) is 0 Å². The van der Waals surface area contributed by atoms with Gasteiger partial charge < -0.3 is 14.2 Å². The van der Waals surface area contributed by atoms with Crippen LogP contribution in [0.2, 0.25) is 0 Å². The highest BCUT2D eigenvalue weighted by Crippen LogP contribution is 2.41. The molecule has 0 N–H and O–H groups in total. The first kappa shape index (κ1) is 12.6. The minimum atomic E-state index is -0.310. The van der Waals surface area contributed by atoms with E-state index in [2.05, 4.69) is 0 Å². The SMILES string of the molecule is CC(C)OC1OC(OC(C)C)c2ccccc21. The van der Waals surface area contributed by atoms with E-state index in [-0.39, 0.29) is 24.8 Å². The van der Waals surface area contributed by atoms with Crippen molar-refractivity contribution in [2.24, 2.45) is 0 Å². The van der Waals surface area contributed by atoms with E-state index < -0.39 is 0 Å². The first-order chi connectivity index (χ1) is 8.08. The molecule has 0 fully saturated rings. The normalized spacial score (nSPS) is 23.4. The molecule has 2 unspecified atom stereocenters. The first-order valence-corrected chi connectivity index (χ1v) is 6.13. The van der Waals surface area contributed by atoms with E-state index in [1.54, 1.807) is 0 Å². The zero-order valence-electron chi connectivity index (χ0n) is 10.8. The van der Waals surface area contributed by atoms with E-state index in [0.29, 0.717) is 0 Å². The van der Waals surface area contributed by atoms with Crippen molar-refractivity contribution in [2.45, 2.75) is 52.5 Å². The lowest BCUT2D eigenvalue weighted by molar-refractivity contribution is -0.253. The summed E-state index contributed by atoms with van der Waals surface area (Å²) < 4.78 is 17.3. The maximum Gasteiger partial charge on any atom is 0.187 e. The number of rotatable bonds is 4. The van der Waals surface area contributed by atoms with Crippen LogP contribution in [-0.4, -0.2) is 12.2 Å². The van der Waals surface area contributed by atoms with E-state index in [4.69, 9.17) is 14.2 Å². The summed E-state index contributed by atoms with van der Waals surface area (Å²) in [4.78, 5) is 0. The molecule has 1 aliphatic heterocycles. The van der Waals surface area contributed by atoms with Crippen LogP contribution in [0.3, 0.4) is 0 Å². The third kappa shape index (κ3) is 2.86. The van der Waals surface area contributed by atoms with Gasteiger partial charge in [0, 0.05) is 11.1 Å². The lowest BCUT2D eigenvalue weighted by Gasteiger charge is -2.18. The van der Waals surface area contributed by atoms with Crippen LogP contribution in [0.1, 0.15) is 51.4 Å². The molecule has 2 atom stereocenters. The average Bonchev–Trinajstić information content (AvgIpc) is 2.56. The van der Waals surface area contributed by atoms with Gasteiger partial charge in [-0.05, 0) is 27.7 Å². The number of hydrogen-bond donors (Lipinski definition) is 0. The fourth-order valence-corrected chi connectivity index (χ4v) is 1.90. The van der Waals surface area contributed by atoms with Crippen molar-refractivity contribution in [1.29, 1.82) is 0 Å². The fourth-order valence-electron chi connectivity index (χ4n) is 1.90. The van der Waals surface area contributed by atoms with Gasteiger partial charge in [-0.2, -0.15) is 0 Å². The Morgan fingerprint density at radius 1 is 0.882 bits per heavy atom. The van der Waals surface area contributed by atoms with Crippen molar-refractivity contribution < 1.29 is 14.2 Å². The molecular weight excluding hydrogens is 216 g/mol. The predicted octanol–water partition coefficient (Wildman–Crippen LogP) is 3.56. The largest absolute Gasteiger partial charge is 0.346 e. The third-order valence-electron chi connectivity index (χ3n) is 2.54. The maximum atomic E-state index is 5.81. The van der Waals surface area contributed by atoms with Crippen LogP contribution in [0.5, 0.6) is 0 Å². The fraction of sp³-hybridized carbons (Fsp3) is 0.571. The van der Waals surface area contributed by atoms with Gasteiger partial charge >= 0.3 is 0 Å². The van der Waals surface area contributed by atoms with Crippen molar-refractivity contribution in [2.75, 3.05) is 0 Å². The number of fused-ring (bicyclic) bond motifs is 1. The van der Waals surface area contributed by atoms with Gasteiger partial charge in [-0.1, -0.05) is 24.3 Å². The highest BCUT2D eigenvalue weighted by atomic mass is 16.8. The molecule has 94 valence electrons. The van der Waals surface area contributed by atoms with Crippen LogP contribution >= 0.6 is 0 Å². The molecule has 0 aromatic heterocycles. The molecule has 0 saturated heterocycles. The van der Waals surface area contributed by atoms with Gasteiger partial charge in [0.1, 0.15) is 0 Å². The monoisotopic (exact) mass is 236 g/mol. The van der Waals surface area contributed by atoms with Crippen molar-refractivity contribution in [1.82, 2.24) is 0 Å². The molecule has 1 heterocycles. The Kier molecular flexibility index (Phi) is 3.82. The van der Waals surface area contributed by atoms with E-state index in [1.165, 1.54) is 0 Å². The quantitative estimate of drug-likeness (QED) is 0.800. The van der Waals surface area contributed by atoms with Crippen molar-refractivity contribution in [3.05, 3.63) is 35.4 Å². The Labute approximate surface area is 103 Å². The Morgan fingerprint density at radius 3 is 1.65 bits per heavy atom. The summed E-state index contributed by atoms with van der Waals surface area (Å²) in [7, 11) is 0. The van der Waals surface area contributed by atoms with E-state index in [0.717, 1.165) is 11.1 Å². The Balaban J connectivity index is 2.20. The van der Waals surface area contributed by atoms with E-state index >= 15 is 0 Å². The van der Waals surface area contributed by atoms with Crippen molar-refractivity contribution in [3.63, 3.8) is 0 Å². The first-order valence-electron chi connectivity index (χ1n) is 6.13. The molecule has 1 aromatic rings. The van der Waals surface area contributed by atoms with Crippen LogP contribution < -0.4 is 0 Å².